The minimum absolute atomic E-state index is 0.0560. The van der Waals surface area contributed by atoms with Crippen LogP contribution in [-0.4, -0.2) is 51.5 Å². The maximum absolute atomic E-state index is 13.9. The smallest absolute Gasteiger partial charge is 0.316 e. The van der Waals surface area contributed by atoms with Gasteiger partial charge in [0.1, 0.15) is 18.0 Å². The van der Waals surface area contributed by atoms with E-state index >= 15 is 0 Å². The van der Waals surface area contributed by atoms with Crippen LogP contribution in [0.25, 0.3) is 0 Å². The molecule has 2 heterocycles. The molecule has 2 aliphatic heterocycles. The van der Waals surface area contributed by atoms with Gasteiger partial charge in [-0.05, 0) is 73.7 Å². The van der Waals surface area contributed by atoms with Crippen molar-refractivity contribution in [2.24, 2.45) is 28.1 Å². The molecule has 2 saturated heterocycles. The van der Waals surface area contributed by atoms with E-state index in [2.05, 4.69) is 65.9 Å². The van der Waals surface area contributed by atoms with Crippen molar-refractivity contribution in [3.8, 4) is 5.75 Å². The number of allylic oxidation sites excluding steroid dienone is 2. The molecule has 0 spiro atoms. The molecular formula is C35H46O7Si. The first-order valence-electron chi connectivity index (χ1n) is 15.6. The Bertz CT molecular complexity index is 1470. The Morgan fingerprint density at radius 1 is 1.12 bits per heavy atom. The molecule has 0 radical (unpaired) electrons. The summed E-state index contributed by atoms with van der Waals surface area (Å²) in [5.41, 5.74) is 0.817. The normalized spacial score (nSPS) is 39.8. The van der Waals surface area contributed by atoms with Crippen LogP contribution in [0.5, 0.6) is 5.75 Å². The summed E-state index contributed by atoms with van der Waals surface area (Å²) < 4.78 is 24.9. The Labute approximate surface area is 256 Å². The van der Waals surface area contributed by atoms with Crippen molar-refractivity contribution in [2.75, 3.05) is 7.11 Å². The Hall–Kier alpha value is -2.71. The Balaban J connectivity index is 1.45. The van der Waals surface area contributed by atoms with Crippen molar-refractivity contribution in [2.45, 2.75) is 104 Å². The van der Waals surface area contributed by atoms with E-state index in [-0.39, 0.29) is 41.2 Å². The predicted molar refractivity (Wildman–Crippen MR) is 165 cm³/mol. The predicted octanol–water partition coefficient (Wildman–Crippen LogP) is 6.53. The van der Waals surface area contributed by atoms with Crippen molar-refractivity contribution < 1.29 is 33.0 Å². The lowest BCUT2D eigenvalue weighted by molar-refractivity contribution is -0.190. The number of hydrogen-bond donors (Lipinski definition) is 0. The highest BCUT2D eigenvalue weighted by Crippen LogP contribution is 2.72. The van der Waals surface area contributed by atoms with Gasteiger partial charge < -0.3 is 18.6 Å². The molecule has 0 unspecified atom stereocenters. The van der Waals surface area contributed by atoms with Crippen LogP contribution in [0.2, 0.25) is 18.1 Å². The van der Waals surface area contributed by atoms with E-state index in [1.54, 1.807) is 6.08 Å². The van der Waals surface area contributed by atoms with E-state index in [1.807, 2.05) is 19.9 Å². The molecule has 3 aliphatic carbocycles. The first-order chi connectivity index (χ1) is 19.9. The highest BCUT2D eigenvalue weighted by Gasteiger charge is 2.77. The average molecular weight is 607 g/mol. The number of carbonyl (C=O) groups excluding carboxylic acids is 3. The number of benzene rings is 1. The van der Waals surface area contributed by atoms with E-state index in [0.29, 0.717) is 0 Å². The number of fused-ring (bicyclic) bond motifs is 4. The maximum atomic E-state index is 13.9. The molecule has 0 bridgehead atoms. The van der Waals surface area contributed by atoms with Gasteiger partial charge in [0, 0.05) is 22.7 Å². The van der Waals surface area contributed by atoms with E-state index < -0.39 is 48.6 Å². The first-order valence-corrected chi connectivity index (χ1v) is 18.5. The zero-order valence-electron chi connectivity index (χ0n) is 27.2. The highest BCUT2D eigenvalue weighted by molar-refractivity contribution is 6.74. The Morgan fingerprint density at radius 3 is 2.47 bits per heavy atom. The molecule has 1 aromatic carbocycles. The summed E-state index contributed by atoms with van der Waals surface area (Å²) in [4.78, 5) is 40.3. The summed E-state index contributed by atoms with van der Waals surface area (Å²) in [6.07, 6.45) is 2.79. The van der Waals surface area contributed by atoms with Crippen molar-refractivity contribution in [3.63, 3.8) is 0 Å². The van der Waals surface area contributed by atoms with Gasteiger partial charge in [0.2, 0.25) is 8.32 Å². The number of rotatable bonds is 5. The molecule has 5 aliphatic rings. The summed E-state index contributed by atoms with van der Waals surface area (Å²) in [6, 6.07) is 8.42. The van der Waals surface area contributed by atoms with Gasteiger partial charge in [-0.25, -0.2) is 0 Å². The number of ether oxygens (including phenoxy) is 3. The molecule has 7 nitrogen and oxygen atoms in total. The zero-order chi connectivity index (χ0) is 31.5. The van der Waals surface area contributed by atoms with Crippen LogP contribution in [0.15, 0.2) is 47.6 Å². The molecule has 1 aromatic rings. The zero-order valence-corrected chi connectivity index (χ0v) is 28.2. The van der Waals surface area contributed by atoms with Crippen molar-refractivity contribution in [1.82, 2.24) is 0 Å². The van der Waals surface area contributed by atoms with Crippen LogP contribution in [0.4, 0.5) is 0 Å². The van der Waals surface area contributed by atoms with Crippen LogP contribution < -0.4 is 4.43 Å². The molecule has 232 valence electrons. The summed E-state index contributed by atoms with van der Waals surface area (Å²) in [5.74, 6) is -0.657. The fourth-order valence-electron chi connectivity index (χ4n) is 9.18. The van der Waals surface area contributed by atoms with E-state index in [9.17, 15) is 14.4 Å². The standard InChI is InChI=1S/C35H46O7Si/c1-19-22(20-12-11-13-21(16-20)42-43(9,10)32(2,3)4)17-23-27(19)35(7)24(18-26(37)39-8)34(6)25(36)14-15-33(5)29(34)28(30(35)40-23)41-31(33)38/h11-16,22-24,28-30H,17-18H2,1-10H3/t22-,23-,24-,28-,29+,30-,33-,34+,35-/m1/s1. The quantitative estimate of drug-likeness (QED) is 0.214. The third-order valence-corrected chi connectivity index (χ3v) is 16.8. The Kier molecular flexibility index (Phi) is 6.63. The van der Waals surface area contributed by atoms with Crippen LogP contribution in [0.1, 0.15) is 72.8 Å². The third-order valence-electron chi connectivity index (χ3n) is 12.4. The molecule has 3 fully saturated rings. The fraction of sp³-hybridized carbons (Fsp3) is 0.629. The highest BCUT2D eigenvalue weighted by atomic mass is 28.4. The average Bonchev–Trinajstić information content (AvgIpc) is 3.51. The second-order valence-electron chi connectivity index (χ2n) is 15.6. The SMILES string of the molecule is COC(=O)C[C@H]1[C@]2(C)C3=C(C)[C@H](c4cccc(O[Si](C)(C)C(C)(C)C)c4)C[C@H]3O[C@@H]2[C@@H]2OC(=O)[C@]3(C)C=CC(=O)[C@@]1(C)[C@@H]23. The summed E-state index contributed by atoms with van der Waals surface area (Å²) in [6.45, 7) is 19.3. The lowest BCUT2D eigenvalue weighted by atomic mass is 9.42. The molecular weight excluding hydrogens is 560 g/mol. The van der Waals surface area contributed by atoms with Gasteiger partial charge in [-0.2, -0.15) is 0 Å². The van der Waals surface area contributed by atoms with Crippen molar-refractivity contribution in [1.29, 1.82) is 0 Å². The third kappa shape index (κ3) is 3.97. The second kappa shape index (κ2) is 9.40. The van der Waals surface area contributed by atoms with Gasteiger partial charge in [-0.3, -0.25) is 14.4 Å². The molecule has 43 heavy (non-hydrogen) atoms. The van der Waals surface area contributed by atoms with Crippen LogP contribution >= 0.6 is 0 Å². The van der Waals surface area contributed by atoms with Gasteiger partial charge in [0.25, 0.3) is 0 Å². The summed E-state index contributed by atoms with van der Waals surface area (Å²) in [7, 11) is -0.640. The molecule has 0 N–H and O–H groups in total. The van der Waals surface area contributed by atoms with Gasteiger partial charge in [0.15, 0.2) is 5.78 Å². The van der Waals surface area contributed by atoms with E-state index in [1.165, 1.54) is 24.3 Å². The van der Waals surface area contributed by atoms with Gasteiger partial charge in [0.05, 0.1) is 25.0 Å². The topological polar surface area (TPSA) is 88.1 Å². The van der Waals surface area contributed by atoms with Crippen molar-refractivity contribution >= 4 is 26.0 Å². The lowest BCUT2D eigenvalue weighted by Gasteiger charge is -2.59. The van der Waals surface area contributed by atoms with E-state index in [0.717, 1.165) is 17.7 Å². The van der Waals surface area contributed by atoms with Crippen molar-refractivity contribution in [3.05, 3.63) is 53.1 Å². The number of hydrogen-bond acceptors (Lipinski definition) is 7. The summed E-state index contributed by atoms with van der Waals surface area (Å²) in [5, 5.41) is 0.0812. The fourth-order valence-corrected chi connectivity index (χ4v) is 10.2. The minimum Gasteiger partial charge on any atom is -0.543 e. The van der Waals surface area contributed by atoms with Crippen LogP contribution in [-0.2, 0) is 28.6 Å². The first kappa shape index (κ1) is 30.3. The molecule has 0 amide bonds. The maximum Gasteiger partial charge on any atom is 0.316 e. The van der Waals surface area contributed by atoms with Crippen LogP contribution in [0, 0.1) is 28.1 Å². The molecule has 6 rings (SSSR count). The monoisotopic (exact) mass is 606 g/mol. The number of methoxy groups -OCH3 is 1. The van der Waals surface area contributed by atoms with Gasteiger partial charge in [-0.15, -0.1) is 0 Å². The van der Waals surface area contributed by atoms with Gasteiger partial charge >= 0.3 is 11.9 Å². The number of carbonyl (C=O) groups is 3. The lowest BCUT2D eigenvalue weighted by Crippen LogP contribution is -2.66. The number of ketones is 1. The summed E-state index contributed by atoms with van der Waals surface area (Å²) >= 11 is 0. The minimum atomic E-state index is -2.02. The molecule has 0 aromatic heterocycles. The Morgan fingerprint density at radius 2 is 1.81 bits per heavy atom. The van der Waals surface area contributed by atoms with E-state index in [4.69, 9.17) is 18.6 Å². The molecule has 8 heteroatoms. The second-order valence-corrected chi connectivity index (χ2v) is 20.3. The number of esters is 2. The largest absolute Gasteiger partial charge is 0.543 e. The molecule has 9 atom stereocenters. The molecule has 1 saturated carbocycles. The van der Waals surface area contributed by atoms with Crippen LogP contribution in [0.3, 0.4) is 0 Å². The van der Waals surface area contributed by atoms with Gasteiger partial charge in [-0.1, -0.05) is 58.4 Å².